The second kappa shape index (κ2) is 9.96. The lowest BCUT2D eigenvalue weighted by Crippen LogP contribution is -2.31. The fourth-order valence-electron chi connectivity index (χ4n) is 1.37. The average molecular weight is 188 g/mol. The summed E-state index contributed by atoms with van der Waals surface area (Å²) >= 11 is 0. The van der Waals surface area contributed by atoms with Gasteiger partial charge in [0.2, 0.25) is 0 Å². The van der Waals surface area contributed by atoms with Crippen molar-refractivity contribution in [3.63, 3.8) is 0 Å². The maximum absolute atomic E-state index is 5.52. The summed E-state index contributed by atoms with van der Waals surface area (Å²) in [6, 6.07) is 0. The molecule has 80 valence electrons. The van der Waals surface area contributed by atoms with Gasteiger partial charge in [0.25, 0.3) is 0 Å². The molecule has 0 fully saturated rings. The van der Waals surface area contributed by atoms with Gasteiger partial charge in [-0.2, -0.15) is 0 Å². The first-order valence-corrected chi connectivity index (χ1v) is 5.35. The van der Waals surface area contributed by atoms with Crippen LogP contribution < -0.4 is 5.73 Å². The summed E-state index contributed by atoms with van der Waals surface area (Å²) in [6.45, 7) is 9.98. The van der Waals surface area contributed by atoms with Crippen LogP contribution in [0, 0.1) is 0 Å². The lowest BCUT2D eigenvalue weighted by atomic mass is 10.3. The molecule has 0 amide bonds. The van der Waals surface area contributed by atoms with Gasteiger partial charge in [0.15, 0.2) is 0 Å². The topological polar surface area (TPSA) is 38.5 Å². The molecule has 0 aromatic rings. The highest BCUT2D eigenvalue weighted by atomic mass is 16.5. The standard InChI is InChI=1S/C10H24N2O/c1-3-7-12(9-6-11)8-5-10-13-4-2/h3-11H2,1-2H3. The Balaban J connectivity index is 3.33. The average Bonchev–Trinajstić information content (AvgIpc) is 2.13. The zero-order valence-electron chi connectivity index (χ0n) is 9.09. The third kappa shape index (κ3) is 8.22. The van der Waals surface area contributed by atoms with Crippen LogP contribution in [0.4, 0.5) is 0 Å². The molecule has 0 aliphatic heterocycles. The van der Waals surface area contributed by atoms with Crippen LogP contribution in [-0.4, -0.2) is 44.3 Å². The smallest absolute Gasteiger partial charge is 0.0478 e. The third-order valence-electron chi connectivity index (χ3n) is 1.95. The Morgan fingerprint density at radius 1 is 1.15 bits per heavy atom. The van der Waals surface area contributed by atoms with Crippen LogP contribution >= 0.6 is 0 Å². The van der Waals surface area contributed by atoms with Crippen LogP contribution in [0.1, 0.15) is 26.7 Å². The zero-order chi connectivity index (χ0) is 9.94. The predicted octanol–water partition coefficient (Wildman–Crippen LogP) is 1.08. The van der Waals surface area contributed by atoms with Crippen molar-refractivity contribution < 1.29 is 4.74 Å². The molecule has 2 N–H and O–H groups in total. The van der Waals surface area contributed by atoms with Crippen LogP contribution in [0.2, 0.25) is 0 Å². The molecule has 0 aromatic carbocycles. The lowest BCUT2D eigenvalue weighted by molar-refractivity contribution is 0.132. The molecule has 3 heteroatoms. The highest BCUT2D eigenvalue weighted by molar-refractivity contribution is 4.57. The molecule has 0 saturated carbocycles. The van der Waals surface area contributed by atoms with E-state index in [0.717, 1.165) is 45.8 Å². The number of nitrogens with two attached hydrogens (primary N) is 1. The maximum atomic E-state index is 5.52. The van der Waals surface area contributed by atoms with E-state index >= 15 is 0 Å². The van der Waals surface area contributed by atoms with Gasteiger partial charge in [0.05, 0.1) is 0 Å². The van der Waals surface area contributed by atoms with E-state index in [1.54, 1.807) is 0 Å². The molecule has 0 spiro atoms. The number of nitrogens with zero attached hydrogens (tertiary/aromatic N) is 1. The highest BCUT2D eigenvalue weighted by Crippen LogP contribution is 1.93. The molecule has 13 heavy (non-hydrogen) atoms. The van der Waals surface area contributed by atoms with Crippen molar-refractivity contribution in [3.05, 3.63) is 0 Å². The number of rotatable bonds is 9. The summed E-state index contributed by atoms with van der Waals surface area (Å²) in [5.74, 6) is 0. The van der Waals surface area contributed by atoms with Crippen molar-refractivity contribution in [1.82, 2.24) is 4.90 Å². The Bertz CT molecular complexity index is 92.9. The first kappa shape index (κ1) is 12.9. The second-order valence-corrected chi connectivity index (χ2v) is 3.18. The van der Waals surface area contributed by atoms with E-state index < -0.39 is 0 Å². The fourth-order valence-corrected chi connectivity index (χ4v) is 1.37. The van der Waals surface area contributed by atoms with E-state index in [4.69, 9.17) is 10.5 Å². The van der Waals surface area contributed by atoms with Crippen molar-refractivity contribution in [2.75, 3.05) is 39.4 Å². The van der Waals surface area contributed by atoms with Gasteiger partial charge in [-0.05, 0) is 26.3 Å². The van der Waals surface area contributed by atoms with Crippen LogP contribution in [0.5, 0.6) is 0 Å². The van der Waals surface area contributed by atoms with Gasteiger partial charge in [0.1, 0.15) is 0 Å². The minimum absolute atomic E-state index is 0.759. The summed E-state index contributed by atoms with van der Waals surface area (Å²) in [7, 11) is 0. The first-order chi connectivity index (χ1) is 6.35. The predicted molar refractivity (Wildman–Crippen MR) is 56.9 cm³/mol. The monoisotopic (exact) mass is 188 g/mol. The molecule has 0 aliphatic rings. The normalized spacial score (nSPS) is 11.1. The number of hydrogen-bond acceptors (Lipinski definition) is 3. The van der Waals surface area contributed by atoms with Gasteiger partial charge >= 0.3 is 0 Å². The van der Waals surface area contributed by atoms with Crippen molar-refractivity contribution in [2.45, 2.75) is 26.7 Å². The molecule has 0 bridgehead atoms. The van der Waals surface area contributed by atoms with Gasteiger partial charge in [-0.25, -0.2) is 0 Å². The van der Waals surface area contributed by atoms with E-state index in [9.17, 15) is 0 Å². The van der Waals surface area contributed by atoms with Crippen LogP contribution in [0.25, 0.3) is 0 Å². The summed E-state index contributed by atoms with van der Waals surface area (Å²) in [5, 5.41) is 0. The maximum Gasteiger partial charge on any atom is 0.0478 e. The molecule has 0 atom stereocenters. The molecule has 0 heterocycles. The van der Waals surface area contributed by atoms with Gasteiger partial charge < -0.3 is 15.4 Å². The fraction of sp³-hybridized carbons (Fsp3) is 1.00. The van der Waals surface area contributed by atoms with Crippen LogP contribution in [0.15, 0.2) is 0 Å². The van der Waals surface area contributed by atoms with E-state index in [2.05, 4.69) is 11.8 Å². The third-order valence-corrected chi connectivity index (χ3v) is 1.95. The van der Waals surface area contributed by atoms with Crippen molar-refractivity contribution in [1.29, 1.82) is 0 Å². The van der Waals surface area contributed by atoms with Crippen LogP contribution in [0.3, 0.4) is 0 Å². The van der Waals surface area contributed by atoms with Crippen LogP contribution in [-0.2, 0) is 4.74 Å². The van der Waals surface area contributed by atoms with Gasteiger partial charge in [-0.15, -0.1) is 0 Å². The molecule has 0 aliphatic carbocycles. The number of hydrogen-bond donors (Lipinski definition) is 1. The van der Waals surface area contributed by atoms with Crippen molar-refractivity contribution >= 4 is 0 Å². The molecular weight excluding hydrogens is 164 g/mol. The number of ether oxygens (including phenoxy) is 1. The Labute approximate surface area is 82.2 Å². The van der Waals surface area contributed by atoms with E-state index in [1.807, 2.05) is 6.92 Å². The molecule has 0 rings (SSSR count). The zero-order valence-corrected chi connectivity index (χ0v) is 9.09. The molecular formula is C10H24N2O. The molecule has 3 nitrogen and oxygen atoms in total. The Morgan fingerprint density at radius 3 is 2.46 bits per heavy atom. The van der Waals surface area contributed by atoms with E-state index in [-0.39, 0.29) is 0 Å². The molecule has 0 saturated heterocycles. The summed E-state index contributed by atoms with van der Waals surface area (Å²) in [5.41, 5.74) is 5.52. The first-order valence-electron chi connectivity index (χ1n) is 5.35. The summed E-state index contributed by atoms with van der Waals surface area (Å²) < 4.78 is 5.28. The van der Waals surface area contributed by atoms with Gasteiger partial charge in [0, 0.05) is 32.8 Å². The van der Waals surface area contributed by atoms with Gasteiger partial charge in [-0.3, -0.25) is 0 Å². The molecule has 0 radical (unpaired) electrons. The highest BCUT2D eigenvalue weighted by Gasteiger charge is 2.01. The minimum Gasteiger partial charge on any atom is -0.382 e. The lowest BCUT2D eigenvalue weighted by Gasteiger charge is -2.20. The minimum atomic E-state index is 0.759. The Morgan fingerprint density at radius 2 is 1.92 bits per heavy atom. The van der Waals surface area contributed by atoms with Crippen molar-refractivity contribution in [3.8, 4) is 0 Å². The van der Waals surface area contributed by atoms with E-state index in [0.29, 0.717) is 0 Å². The Kier molecular flexibility index (Phi) is 9.87. The molecule has 0 unspecified atom stereocenters. The second-order valence-electron chi connectivity index (χ2n) is 3.18. The summed E-state index contributed by atoms with van der Waals surface area (Å²) in [4.78, 5) is 2.40. The van der Waals surface area contributed by atoms with Crippen molar-refractivity contribution in [2.24, 2.45) is 5.73 Å². The van der Waals surface area contributed by atoms with E-state index in [1.165, 1.54) is 6.42 Å². The molecule has 0 aromatic heterocycles. The SMILES string of the molecule is CCCN(CCN)CCCOCC. The Hall–Kier alpha value is -0.120. The largest absolute Gasteiger partial charge is 0.382 e. The summed E-state index contributed by atoms with van der Waals surface area (Å²) in [6.07, 6.45) is 2.32. The quantitative estimate of drug-likeness (QED) is 0.550. The van der Waals surface area contributed by atoms with Gasteiger partial charge in [-0.1, -0.05) is 6.92 Å².